The first-order valence-corrected chi connectivity index (χ1v) is 7.46. The molecule has 0 atom stereocenters. The van der Waals surface area contributed by atoms with E-state index >= 15 is 0 Å². The van der Waals surface area contributed by atoms with Gasteiger partial charge in [0.05, 0.1) is 11.5 Å². The first-order chi connectivity index (χ1) is 8.95. The van der Waals surface area contributed by atoms with Crippen molar-refractivity contribution < 1.29 is 0 Å². The van der Waals surface area contributed by atoms with Gasteiger partial charge in [0.1, 0.15) is 0 Å². The van der Waals surface area contributed by atoms with E-state index in [0.717, 1.165) is 19.3 Å². The van der Waals surface area contributed by atoms with Crippen LogP contribution in [0.1, 0.15) is 64.0 Å². The lowest BCUT2D eigenvalue weighted by Crippen LogP contribution is -2.24. The molecule has 1 aliphatic carbocycles. The third-order valence-electron chi connectivity index (χ3n) is 4.41. The van der Waals surface area contributed by atoms with Crippen molar-refractivity contribution in [1.29, 1.82) is 5.26 Å². The summed E-state index contributed by atoms with van der Waals surface area (Å²) < 4.78 is 0. The van der Waals surface area contributed by atoms with E-state index in [0.29, 0.717) is 0 Å². The molecule has 1 aromatic rings. The monoisotopic (exact) mass is 255 g/mol. The number of benzene rings is 1. The molecule has 1 saturated carbocycles. The van der Waals surface area contributed by atoms with Crippen molar-refractivity contribution in [3.63, 3.8) is 0 Å². The van der Waals surface area contributed by atoms with E-state index in [1.165, 1.54) is 30.4 Å². The van der Waals surface area contributed by atoms with Gasteiger partial charge >= 0.3 is 0 Å². The van der Waals surface area contributed by atoms with Gasteiger partial charge in [-0.05, 0) is 35.8 Å². The van der Waals surface area contributed by atoms with Crippen LogP contribution in [0.3, 0.4) is 0 Å². The van der Waals surface area contributed by atoms with Crippen LogP contribution in [0.2, 0.25) is 0 Å². The zero-order chi connectivity index (χ0) is 13.9. The lowest BCUT2D eigenvalue weighted by atomic mass is 9.71. The largest absolute Gasteiger partial charge is 0.198 e. The highest BCUT2D eigenvalue weighted by Crippen LogP contribution is 2.38. The van der Waals surface area contributed by atoms with Crippen LogP contribution in [0, 0.1) is 16.7 Å². The maximum atomic E-state index is 9.54. The zero-order valence-electron chi connectivity index (χ0n) is 12.5. The average molecular weight is 255 g/mol. The minimum atomic E-state index is -0.0957. The van der Waals surface area contributed by atoms with Gasteiger partial charge in [0.15, 0.2) is 0 Å². The van der Waals surface area contributed by atoms with Crippen molar-refractivity contribution in [2.45, 2.75) is 64.7 Å². The summed E-state index contributed by atoms with van der Waals surface area (Å²) in [7, 11) is 0. The SMILES string of the molecule is CC(C)(C)c1ccc(CC2(C#N)CCCCC2)cc1. The fraction of sp³-hybridized carbons (Fsp3) is 0.611. The number of nitrogens with zero attached hydrogens (tertiary/aromatic N) is 1. The number of hydrogen-bond donors (Lipinski definition) is 0. The van der Waals surface area contributed by atoms with Gasteiger partial charge in [-0.3, -0.25) is 0 Å². The van der Waals surface area contributed by atoms with Crippen LogP contribution in [-0.4, -0.2) is 0 Å². The van der Waals surface area contributed by atoms with Crippen molar-refractivity contribution in [3.05, 3.63) is 35.4 Å². The van der Waals surface area contributed by atoms with Crippen LogP contribution < -0.4 is 0 Å². The summed E-state index contributed by atoms with van der Waals surface area (Å²) in [6.07, 6.45) is 6.80. The van der Waals surface area contributed by atoms with Crippen LogP contribution in [-0.2, 0) is 11.8 Å². The first kappa shape index (κ1) is 14.1. The average Bonchev–Trinajstić information content (AvgIpc) is 2.39. The Kier molecular flexibility index (Phi) is 3.99. The van der Waals surface area contributed by atoms with Crippen LogP contribution in [0.15, 0.2) is 24.3 Å². The molecule has 0 aromatic heterocycles. The van der Waals surface area contributed by atoms with E-state index < -0.39 is 0 Å². The molecule has 0 bridgehead atoms. The van der Waals surface area contributed by atoms with Crippen LogP contribution in [0.5, 0.6) is 0 Å². The van der Waals surface area contributed by atoms with E-state index in [1.54, 1.807) is 0 Å². The van der Waals surface area contributed by atoms with Crippen LogP contribution in [0.4, 0.5) is 0 Å². The lowest BCUT2D eigenvalue weighted by molar-refractivity contribution is 0.266. The topological polar surface area (TPSA) is 23.8 Å². The summed E-state index contributed by atoms with van der Waals surface area (Å²) in [6.45, 7) is 6.71. The van der Waals surface area contributed by atoms with Gasteiger partial charge in [0.25, 0.3) is 0 Å². The second kappa shape index (κ2) is 5.37. The highest BCUT2D eigenvalue weighted by atomic mass is 14.4. The Bertz CT molecular complexity index is 450. The fourth-order valence-corrected chi connectivity index (χ4v) is 3.07. The normalized spacial score (nSPS) is 18.8. The zero-order valence-corrected chi connectivity index (χ0v) is 12.5. The molecular weight excluding hydrogens is 230 g/mol. The van der Waals surface area contributed by atoms with Crippen molar-refractivity contribution >= 4 is 0 Å². The van der Waals surface area contributed by atoms with Gasteiger partial charge in [-0.15, -0.1) is 0 Å². The molecule has 0 saturated heterocycles. The predicted octanol–water partition coefficient (Wildman–Crippen LogP) is 5.00. The van der Waals surface area contributed by atoms with Gasteiger partial charge in [0.2, 0.25) is 0 Å². The molecule has 1 aromatic carbocycles. The van der Waals surface area contributed by atoms with E-state index in [1.807, 2.05) is 0 Å². The minimum absolute atomic E-state index is 0.0957. The van der Waals surface area contributed by atoms with E-state index in [9.17, 15) is 5.26 Å². The molecule has 0 unspecified atom stereocenters. The molecule has 1 fully saturated rings. The molecule has 0 amide bonds. The minimum Gasteiger partial charge on any atom is -0.198 e. The summed E-state index contributed by atoms with van der Waals surface area (Å²) in [5.74, 6) is 0. The van der Waals surface area contributed by atoms with Gasteiger partial charge < -0.3 is 0 Å². The Labute approximate surface area is 117 Å². The highest BCUT2D eigenvalue weighted by molar-refractivity contribution is 5.29. The Morgan fingerprint density at radius 3 is 2.11 bits per heavy atom. The van der Waals surface area contributed by atoms with E-state index in [2.05, 4.69) is 51.1 Å². The predicted molar refractivity (Wildman–Crippen MR) is 80.0 cm³/mol. The van der Waals surface area contributed by atoms with Gasteiger partial charge in [0, 0.05) is 0 Å². The van der Waals surface area contributed by atoms with Gasteiger partial charge in [-0.2, -0.15) is 5.26 Å². The van der Waals surface area contributed by atoms with Crippen LogP contribution >= 0.6 is 0 Å². The molecule has 0 spiro atoms. The van der Waals surface area contributed by atoms with Crippen molar-refractivity contribution in [3.8, 4) is 6.07 Å². The second-order valence-electron chi connectivity index (χ2n) is 7.08. The van der Waals surface area contributed by atoms with E-state index in [-0.39, 0.29) is 10.8 Å². The van der Waals surface area contributed by atoms with Crippen molar-refractivity contribution in [2.24, 2.45) is 5.41 Å². The lowest BCUT2D eigenvalue weighted by Gasteiger charge is -2.31. The Morgan fingerprint density at radius 2 is 1.63 bits per heavy atom. The highest BCUT2D eigenvalue weighted by Gasteiger charge is 2.32. The first-order valence-electron chi connectivity index (χ1n) is 7.46. The maximum absolute atomic E-state index is 9.54. The molecule has 1 nitrogen and oxygen atoms in total. The maximum Gasteiger partial charge on any atom is 0.0693 e. The Morgan fingerprint density at radius 1 is 1.05 bits per heavy atom. The molecule has 0 aliphatic heterocycles. The van der Waals surface area contributed by atoms with Crippen molar-refractivity contribution in [1.82, 2.24) is 0 Å². The summed E-state index contributed by atoms with van der Waals surface area (Å²) in [5.41, 5.74) is 2.79. The molecule has 19 heavy (non-hydrogen) atoms. The standard InChI is InChI=1S/C18H25N/c1-17(2,3)16-9-7-15(8-10-16)13-18(14-19)11-5-4-6-12-18/h7-10H,4-6,11-13H2,1-3H3. The molecule has 102 valence electrons. The fourth-order valence-electron chi connectivity index (χ4n) is 3.07. The van der Waals surface area contributed by atoms with Crippen LogP contribution in [0.25, 0.3) is 0 Å². The molecule has 0 N–H and O–H groups in total. The third kappa shape index (κ3) is 3.38. The van der Waals surface area contributed by atoms with Gasteiger partial charge in [-0.1, -0.05) is 64.3 Å². The molecular formula is C18H25N. The molecule has 2 rings (SSSR count). The molecule has 1 heteroatoms. The second-order valence-corrected chi connectivity index (χ2v) is 7.08. The molecule has 1 aliphatic rings. The smallest absolute Gasteiger partial charge is 0.0693 e. The summed E-state index contributed by atoms with van der Waals surface area (Å²) in [5, 5.41) is 9.54. The third-order valence-corrected chi connectivity index (χ3v) is 4.41. The number of rotatable bonds is 2. The van der Waals surface area contributed by atoms with Crippen molar-refractivity contribution in [2.75, 3.05) is 0 Å². The summed E-state index contributed by atoms with van der Waals surface area (Å²) >= 11 is 0. The quantitative estimate of drug-likeness (QED) is 0.729. The number of hydrogen-bond acceptors (Lipinski definition) is 1. The van der Waals surface area contributed by atoms with Gasteiger partial charge in [-0.25, -0.2) is 0 Å². The summed E-state index contributed by atoms with van der Waals surface area (Å²) in [4.78, 5) is 0. The number of nitriles is 1. The summed E-state index contributed by atoms with van der Waals surface area (Å²) in [6, 6.07) is 11.5. The Balaban J connectivity index is 2.13. The molecule has 0 heterocycles. The Hall–Kier alpha value is -1.29. The van der Waals surface area contributed by atoms with E-state index in [4.69, 9.17) is 0 Å². The molecule has 0 radical (unpaired) electrons.